The molecule has 0 atom stereocenters. The van der Waals surface area contributed by atoms with Gasteiger partial charge >= 0.3 is 6.03 Å². The van der Waals surface area contributed by atoms with Crippen LogP contribution >= 0.6 is 0 Å². The summed E-state index contributed by atoms with van der Waals surface area (Å²) >= 11 is 0. The van der Waals surface area contributed by atoms with Crippen LogP contribution in [0.15, 0.2) is 66.9 Å². The first-order valence-electron chi connectivity index (χ1n) is 10.8. The number of carbonyl (C=O) groups excluding carboxylic acids is 1. The van der Waals surface area contributed by atoms with E-state index in [9.17, 15) is 9.18 Å². The van der Waals surface area contributed by atoms with Gasteiger partial charge in [0.2, 0.25) is 0 Å². The standard InChI is InChI=1S/C26H23FN4O2/c1-17-10-11-28-23-8-4-19(16-22(17)23)21-7-9-24(30-26(32)31-12-14-33-15-13-31)29-25(21)18-2-5-20(27)6-3-18/h2-11,16H,12-15H2,1H3,(H,29,30,32). The summed E-state index contributed by atoms with van der Waals surface area (Å²) in [6.07, 6.45) is 1.80. The molecule has 33 heavy (non-hydrogen) atoms. The van der Waals surface area contributed by atoms with Crippen molar-refractivity contribution in [1.82, 2.24) is 14.9 Å². The fraction of sp³-hybridized carbons (Fsp3) is 0.192. The lowest BCUT2D eigenvalue weighted by atomic mass is 9.97. The summed E-state index contributed by atoms with van der Waals surface area (Å²) in [5.41, 5.74) is 5.33. The third kappa shape index (κ3) is 4.40. The van der Waals surface area contributed by atoms with Crippen LogP contribution < -0.4 is 5.32 Å². The number of hydrogen-bond acceptors (Lipinski definition) is 4. The Hall–Kier alpha value is -3.84. The molecule has 4 aromatic rings. The van der Waals surface area contributed by atoms with E-state index in [1.807, 2.05) is 24.3 Å². The molecule has 3 heterocycles. The van der Waals surface area contributed by atoms with Crippen molar-refractivity contribution in [2.75, 3.05) is 31.6 Å². The van der Waals surface area contributed by atoms with Crippen molar-refractivity contribution in [3.8, 4) is 22.4 Å². The smallest absolute Gasteiger partial charge is 0.323 e. The largest absolute Gasteiger partial charge is 0.378 e. The van der Waals surface area contributed by atoms with Crippen molar-refractivity contribution in [3.05, 3.63) is 78.2 Å². The highest BCUT2D eigenvalue weighted by atomic mass is 19.1. The second-order valence-corrected chi connectivity index (χ2v) is 7.99. The first-order valence-corrected chi connectivity index (χ1v) is 10.8. The molecule has 0 aliphatic carbocycles. The minimum atomic E-state index is -0.315. The lowest BCUT2D eigenvalue weighted by Gasteiger charge is -2.26. The van der Waals surface area contributed by atoms with Crippen molar-refractivity contribution in [2.45, 2.75) is 6.92 Å². The number of nitrogens with zero attached hydrogens (tertiary/aromatic N) is 3. The number of anilines is 1. The Labute approximate surface area is 191 Å². The van der Waals surface area contributed by atoms with E-state index < -0.39 is 0 Å². The molecular weight excluding hydrogens is 419 g/mol. The Kier molecular flexibility index (Phi) is 5.71. The monoisotopic (exact) mass is 442 g/mol. The predicted molar refractivity (Wildman–Crippen MR) is 127 cm³/mol. The number of amides is 2. The number of aromatic nitrogens is 2. The molecule has 0 unspecified atom stereocenters. The molecule has 166 valence electrons. The first kappa shape index (κ1) is 21.0. The molecule has 0 spiro atoms. The normalized spacial score (nSPS) is 13.8. The first-order chi connectivity index (χ1) is 16.1. The van der Waals surface area contributed by atoms with Gasteiger partial charge in [-0.2, -0.15) is 0 Å². The molecule has 1 aliphatic heterocycles. The molecule has 0 bridgehead atoms. The second-order valence-electron chi connectivity index (χ2n) is 7.99. The maximum Gasteiger partial charge on any atom is 0.323 e. The van der Waals surface area contributed by atoms with E-state index in [1.54, 1.807) is 29.3 Å². The summed E-state index contributed by atoms with van der Waals surface area (Å²) in [7, 11) is 0. The van der Waals surface area contributed by atoms with E-state index in [4.69, 9.17) is 9.72 Å². The number of pyridine rings is 2. The average molecular weight is 442 g/mol. The Bertz CT molecular complexity index is 1320. The maximum atomic E-state index is 13.6. The number of ether oxygens (including phenoxy) is 1. The van der Waals surface area contributed by atoms with Crippen LogP contribution in [-0.2, 0) is 4.74 Å². The minimum Gasteiger partial charge on any atom is -0.378 e. The van der Waals surface area contributed by atoms with Gasteiger partial charge in [-0.05, 0) is 72.6 Å². The number of morpholine rings is 1. The van der Waals surface area contributed by atoms with E-state index in [1.165, 1.54) is 12.1 Å². The molecule has 1 aliphatic rings. The molecule has 6 nitrogen and oxygen atoms in total. The summed E-state index contributed by atoms with van der Waals surface area (Å²) in [5, 5.41) is 3.95. The molecule has 1 saturated heterocycles. The van der Waals surface area contributed by atoms with Crippen LogP contribution in [0.5, 0.6) is 0 Å². The predicted octanol–water partition coefficient (Wildman–Crippen LogP) is 5.28. The maximum absolute atomic E-state index is 13.6. The minimum absolute atomic E-state index is 0.212. The number of hydrogen-bond donors (Lipinski definition) is 1. The number of benzene rings is 2. The lowest BCUT2D eigenvalue weighted by molar-refractivity contribution is 0.0564. The summed E-state index contributed by atoms with van der Waals surface area (Å²) in [6.45, 7) is 4.18. The van der Waals surface area contributed by atoms with Crippen LogP contribution in [0.25, 0.3) is 33.3 Å². The number of aryl methyl sites for hydroxylation is 1. The van der Waals surface area contributed by atoms with E-state index in [-0.39, 0.29) is 11.8 Å². The van der Waals surface area contributed by atoms with Crippen molar-refractivity contribution in [2.24, 2.45) is 0 Å². The Balaban J connectivity index is 1.56. The van der Waals surface area contributed by atoms with Gasteiger partial charge in [-0.1, -0.05) is 6.07 Å². The van der Waals surface area contributed by atoms with Crippen LogP contribution in [0.2, 0.25) is 0 Å². The highest BCUT2D eigenvalue weighted by Gasteiger charge is 2.18. The zero-order chi connectivity index (χ0) is 22.8. The van der Waals surface area contributed by atoms with E-state index in [0.29, 0.717) is 37.8 Å². The molecule has 2 aromatic heterocycles. The number of rotatable bonds is 3. The van der Waals surface area contributed by atoms with Crippen molar-refractivity contribution in [1.29, 1.82) is 0 Å². The van der Waals surface area contributed by atoms with Gasteiger partial charge in [0.25, 0.3) is 0 Å². The molecule has 2 aromatic carbocycles. The zero-order valence-electron chi connectivity index (χ0n) is 18.2. The van der Waals surface area contributed by atoms with Gasteiger partial charge in [0.1, 0.15) is 11.6 Å². The van der Waals surface area contributed by atoms with Crippen LogP contribution in [0.1, 0.15) is 5.56 Å². The van der Waals surface area contributed by atoms with Gasteiger partial charge in [-0.25, -0.2) is 14.2 Å². The summed E-state index contributed by atoms with van der Waals surface area (Å²) in [4.78, 5) is 23.6. The summed E-state index contributed by atoms with van der Waals surface area (Å²) in [5.74, 6) is 0.123. The van der Waals surface area contributed by atoms with E-state index in [0.717, 1.165) is 33.2 Å². The Morgan fingerprint density at radius 3 is 2.55 bits per heavy atom. The fourth-order valence-corrected chi connectivity index (χ4v) is 4.00. The second kappa shape index (κ2) is 8.96. The molecular formula is C26H23FN4O2. The third-order valence-electron chi connectivity index (χ3n) is 5.82. The number of fused-ring (bicyclic) bond motifs is 1. The zero-order valence-corrected chi connectivity index (χ0v) is 18.2. The third-order valence-corrected chi connectivity index (χ3v) is 5.82. The number of carbonyl (C=O) groups is 1. The van der Waals surface area contributed by atoms with Crippen molar-refractivity contribution in [3.63, 3.8) is 0 Å². The Morgan fingerprint density at radius 2 is 1.76 bits per heavy atom. The van der Waals surface area contributed by atoms with Gasteiger partial charge < -0.3 is 9.64 Å². The molecule has 7 heteroatoms. The van der Waals surface area contributed by atoms with Crippen molar-refractivity contribution < 1.29 is 13.9 Å². The average Bonchev–Trinajstić information content (AvgIpc) is 2.85. The molecule has 1 fully saturated rings. The molecule has 0 saturated carbocycles. The van der Waals surface area contributed by atoms with E-state index >= 15 is 0 Å². The lowest BCUT2D eigenvalue weighted by Crippen LogP contribution is -2.43. The number of urea groups is 1. The van der Waals surface area contributed by atoms with Crippen LogP contribution in [0.3, 0.4) is 0 Å². The topological polar surface area (TPSA) is 67.4 Å². The molecule has 5 rings (SSSR count). The SMILES string of the molecule is Cc1ccnc2ccc(-c3ccc(NC(=O)N4CCOCC4)nc3-c3ccc(F)cc3)cc12. The van der Waals surface area contributed by atoms with Crippen LogP contribution in [0, 0.1) is 12.7 Å². The van der Waals surface area contributed by atoms with Gasteiger partial charge in [-0.3, -0.25) is 10.3 Å². The van der Waals surface area contributed by atoms with Gasteiger partial charge in [0.05, 0.1) is 24.4 Å². The highest BCUT2D eigenvalue weighted by Crippen LogP contribution is 2.34. The van der Waals surface area contributed by atoms with E-state index in [2.05, 4.69) is 23.3 Å². The van der Waals surface area contributed by atoms with Gasteiger partial charge in [0.15, 0.2) is 0 Å². The highest BCUT2D eigenvalue weighted by molar-refractivity contribution is 5.92. The molecule has 0 radical (unpaired) electrons. The molecule has 2 amide bonds. The quantitative estimate of drug-likeness (QED) is 0.469. The van der Waals surface area contributed by atoms with Crippen molar-refractivity contribution >= 4 is 22.8 Å². The Morgan fingerprint density at radius 1 is 1.00 bits per heavy atom. The van der Waals surface area contributed by atoms with Crippen LogP contribution in [-0.4, -0.2) is 47.2 Å². The summed E-state index contributed by atoms with van der Waals surface area (Å²) in [6, 6.07) is 17.8. The van der Waals surface area contributed by atoms with Gasteiger partial charge in [0, 0.05) is 35.8 Å². The number of halogens is 1. The summed E-state index contributed by atoms with van der Waals surface area (Å²) < 4.78 is 18.9. The molecule has 1 N–H and O–H groups in total. The van der Waals surface area contributed by atoms with Crippen LogP contribution in [0.4, 0.5) is 15.0 Å². The number of nitrogens with one attached hydrogen (secondary N) is 1. The van der Waals surface area contributed by atoms with Gasteiger partial charge in [-0.15, -0.1) is 0 Å². The fourth-order valence-electron chi connectivity index (χ4n) is 4.00.